The maximum Gasteiger partial charge on any atom is 0.239 e. The summed E-state index contributed by atoms with van der Waals surface area (Å²) in [4.78, 5) is 13.5. The quantitative estimate of drug-likeness (QED) is 0.628. The Morgan fingerprint density at radius 2 is 2.00 bits per heavy atom. The van der Waals surface area contributed by atoms with Crippen LogP contribution >= 0.6 is 0 Å². The van der Waals surface area contributed by atoms with Gasteiger partial charge in [-0.3, -0.25) is 4.79 Å². The van der Waals surface area contributed by atoms with Crippen molar-refractivity contribution in [3.05, 3.63) is 0 Å². The van der Waals surface area contributed by atoms with Gasteiger partial charge in [-0.15, -0.1) is 0 Å². The molecule has 0 saturated carbocycles. The Labute approximate surface area is 92.4 Å². The van der Waals surface area contributed by atoms with E-state index >= 15 is 0 Å². The molecule has 0 aliphatic heterocycles. The fraction of sp³-hybridized carbons (Fsp3) is 0.909. The smallest absolute Gasteiger partial charge is 0.239 e. The Kier molecular flexibility index (Phi) is 8.33. The fourth-order valence-corrected chi connectivity index (χ4v) is 1.50. The highest BCUT2D eigenvalue weighted by atomic mass is 16.3. The average molecular weight is 216 g/mol. The Morgan fingerprint density at radius 3 is 2.47 bits per heavy atom. The molecule has 0 fully saturated rings. The molecule has 90 valence electrons. The van der Waals surface area contributed by atoms with Gasteiger partial charge in [-0.2, -0.15) is 0 Å². The van der Waals surface area contributed by atoms with E-state index in [2.05, 4.69) is 6.92 Å². The van der Waals surface area contributed by atoms with Crippen molar-refractivity contribution < 1.29 is 9.90 Å². The number of amides is 1. The Hall–Kier alpha value is -0.610. The number of nitrogens with zero attached hydrogens (tertiary/aromatic N) is 1. The van der Waals surface area contributed by atoms with Crippen LogP contribution in [0.1, 0.15) is 39.5 Å². The second-order valence-electron chi connectivity index (χ2n) is 3.80. The summed E-state index contributed by atoms with van der Waals surface area (Å²) < 4.78 is 0. The first kappa shape index (κ1) is 14.4. The molecule has 4 nitrogen and oxygen atoms in total. The lowest BCUT2D eigenvalue weighted by atomic mass is 10.1. The van der Waals surface area contributed by atoms with Gasteiger partial charge in [0.05, 0.1) is 12.6 Å². The van der Waals surface area contributed by atoms with Crippen molar-refractivity contribution in [3.63, 3.8) is 0 Å². The van der Waals surface area contributed by atoms with Crippen LogP contribution in [-0.4, -0.2) is 41.7 Å². The van der Waals surface area contributed by atoms with Crippen molar-refractivity contribution in [2.24, 2.45) is 5.73 Å². The molecule has 15 heavy (non-hydrogen) atoms. The van der Waals surface area contributed by atoms with Gasteiger partial charge in [0.2, 0.25) is 5.91 Å². The highest BCUT2D eigenvalue weighted by Gasteiger charge is 2.19. The lowest BCUT2D eigenvalue weighted by Gasteiger charge is -2.24. The lowest BCUT2D eigenvalue weighted by Crippen LogP contribution is -2.45. The number of carbonyl (C=O) groups excluding carboxylic acids is 1. The van der Waals surface area contributed by atoms with Crippen LogP contribution in [0.2, 0.25) is 0 Å². The highest BCUT2D eigenvalue weighted by molar-refractivity contribution is 5.81. The number of hydrogen-bond donors (Lipinski definition) is 2. The molecule has 0 spiro atoms. The van der Waals surface area contributed by atoms with Crippen molar-refractivity contribution >= 4 is 5.91 Å². The number of hydrogen-bond acceptors (Lipinski definition) is 3. The van der Waals surface area contributed by atoms with Crippen LogP contribution in [0.15, 0.2) is 0 Å². The maximum atomic E-state index is 11.8. The second kappa shape index (κ2) is 8.68. The number of aliphatic hydroxyl groups is 1. The first-order valence-corrected chi connectivity index (χ1v) is 5.82. The van der Waals surface area contributed by atoms with Gasteiger partial charge in [-0.25, -0.2) is 0 Å². The van der Waals surface area contributed by atoms with Gasteiger partial charge in [-0.1, -0.05) is 26.7 Å². The summed E-state index contributed by atoms with van der Waals surface area (Å²) in [6.45, 7) is 5.17. The minimum atomic E-state index is -0.400. The number of aliphatic hydroxyl groups excluding tert-OH is 1. The molecule has 0 aromatic carbocycles. The lowest BCUT2D eigenvalue weighted by molar-refractivity contribution is -0.133. The third-order valence-corrected chi connectivity index (χ3v) is 2.36. The molecule has 1 atom stereocenters. The van der Waals surface area contributed by atoms with Gasteiger partial charge < -0.3 is 15.7 Å². The van der Waals surface area contributed by atoms with E-state index in [1.807, 2.05) is 6.92 Å². The summed E-state index contributed by atoms with van der Waals surface area (Å²) in [5.41, 5.74) is 5.79. The third-order valence-electron chi connectivity index (χ3n) is 2.36. The number of carbonyl (C=O) groups is 1. The molecule has 0 saturated heterocycles. The summed E-state index contributed by atoms with van der Waals surface area (Å²) in [7, 11) is 0. The van der Waals surface area contributed by atoms with Crippen LogP contribution < -0.4 is 5.73 Å². The molecule has 0 aromatic rings. The van der Waals surface area contributed by atoms with E-state index in [9.17, 15) is 4.79 Å². The zero-order chi connectivity index (χ0) is 11.7. The van der Waals surface area contributed by atoms with E-state index in [4.69, 9.17) is 10.8 Å². The zero-order valence-corrected chi connectivity index (χ0v) is 9.91. The van der Waals surface area contributed by atoms with Crippen LogP contribution in [0.5, 0.6) is 0 Å². The van der Waals surface area contributed by atoms with E-state index in [1.165, 1.54) is 0 Å². The van der Waals surface area contributed by atoms with E-state index < -0.39 is 6.04 Å². The van der Waals surface area contributed by atoms with E-state index in [-0.39, 0.29) is 12.5 Å². The summed E-state index contributed by atoms with van der Waals surface area (Å²) in [5, 5.41) is 8.84. The molecule has 0 radical (unpaired) electrons. The highest BCUT2D eigenvalue weighted by Crippen LogP contribution is 2.03. The molecule has 1 unspecified atom stereocenters. The Balaban J connectivity index is 4.08. The van der Waals surface area contributed by atoms with Crippen molar-refractivity contribution in [2.75, 3.05) is 19.7 Å². The van der Waals surface area contributed by atoms with Gasteiger partial charge in [0.25, 0.3) is 0 Å². The predicted octanol–water partition coefficient (Wildman–Crippen LogP) is 0.735. The first-order chi connectivity index (χ1) is 7.17. The third kappa shape index (κ3) is 5.74. The fourth-order valence-electron chi connectivity index (χ4n) is 1.50. The van der Waals surface area contributed by atoms with Crippen molar-refractivity contribution in [2.45, 2.75) is 45.6 Å². The number of rotatable bonds is 8. The largest absolute Gasteiger partial charge is 0.395 e. The molecule has 0 rings (SSSR count). The topological polar surface area (TPSA) is 66.6 Å². The minimum absolute atomic E-state index is 0.00619. The molecule has 1 amide bonds. The normalized spacial score (nSPS) is 12.5. The molecular formula is C11H24N2O2. The van der Waals surface area contributed by atoms with E-state index in [0.717, 1.165) is 25.7 Å². The van der Waals surface area contributed by atoms with Crippen molar-refractivity contribution in [3.8, 4) is 0 Å². The second-order valence-corrected chi connectivity index (χ2v) is 3.80. The monoisotopic (exact) mass is 216 g/mol. The van der Waals surface area contributed by atoms with Crippen LogP contribution in [0.25, 0.3) is 0 Å². The Morgan fingerprint density at radius 1 is 1.33 bits per heavy atom. The van der Waals surface area contributed by atoms with Gasteiger partial charge in [0, 0.05) is 13.1 Å². The summed E-state index contributed by atoms with van der Waals surface area (Å²) in [6.07, 6.45) is 3.66. The molecule has 0 aromatic heterocycles. The molecule has 0 bridgehead atoms. The van der Waals surface area contributed by atoms with Crippen LogP contribution in [0.3, 0.4) is 0 Å². The SMILES string of the molecule is CCCCC(N)C(=O)N(CCC)CCO. The minimum Gasteiger partial charge on any atom is -0.395 e. The summed E-state index contributed by atoms with van der Waals surface area (Å²) in [6, 6.07) is -0.400. The van der Waals surface area contributed by atoms with Gasteiger partial charge in [-0.05, 0) is 12.8 Å². The van der Waals surface area contributed by atoms with Crippen LogP contribution in [0, 0.1) is 0 Å². The van der Waals surface area contributed by atoms with Crippen LogP contribution in [-0.2, 0) is 4.79 Å². The van der Waals surface area contributed by atoms with E-state index in [0.29, 0.717) is 13.1 Å². The number of nitrogens with two attached hydrogens (primary N) is 1. The zero-order valence-electron chi connectivity index (χ0n) is 9.91. The maximum absolute atomic E-state index is 11.8. The molecule has 0 heterocycles. The van der Waals surface area contributed by atoms with Crippen LogP contribution in [0.4, 0.5) is 0 Å². The van der Waals surface area contributed by atoms with Gasteiger partial charge in [0.15, 0.2) is 0 Å². The molecule has 3 N–H and O–H groups in total. The van der Waals surface area contributed by atoms with E-state index in [1.54, 1.807) is 4.90 Å². The van der Waals surface area contributed by atoms with Crippen molar-refractivity contribution in [1.82, 2.24) is 4.90 Å². The summed E-state index contributed by atoms with van der Waals surface area (Å²) in [5.74, 6) is -0.0284. The average Bonchev–Trinajstić information content (AvgIpc) is 2.24. The predicted molar refractivity (Wildman–Crippen MR) is 61.5 cm³/mol. The Bertz CT molecular complexity index is 168. The van der Waals surface area contributed by atoms with Gasteiger partial charge in [0.1, 0.15) is 0 Å². The first-order valence-electron chi connectivity index (χ1n) is 5.82. The van der Waals surface area contributed by atoms with Crippen molar-refractivity contribution in [1.29, 1.82) is 0 Å². The molecular weight excluding hydrogens is 192 g/mol. The van der Waals surface area contributed by atoms with Gasteiger partial charge >= 0.3 is 0 Å². The summed E-state index contributed by atoms with van der Waals surface area (Å²) >= 11 is 0. The molecule has 0 aliphatic rings. The number of unbranched alkanes of at least 4 members (excludes halogenated alkanes) is 1. The molecule has 4 heteroatoms. The standard InChI is InChI=1S/C11H24N2O2/c1-3-5-6-10(12)11(15)13(7-4-2)8-9-14/h10,14H,3-9,12H2,1-2H3. The molecule has 0 aliphatic carbocycles.